The van der Waals surface area contributed by atoms with E-state index in [0.29, 0.717) is 11.6 Å². The standard InChI is InChI=1S/C16H25N3O/c1-12-6-5-9-19(11-12)15(20)14-8-7-13(10-17-14)18-16(2,3)4/h7-8,10,12,18H,5-6,9,11H2,1-4H3. The van der Waals surface area contributed by atoms with E-state index in [-0.39, 0.29) is 11.4 Å². The number of likely N-dealkylation sites (tertiary alicyclic amines) is 1. The van der Waals surface area contributed by atoms with Gasteiger partial charge in [0.2, 0.25) is 0 Å². The van der Waals surface area contributed by atoms with Gasteiger partial charge in [-0.3, -0.25) is 4.79 Å². The fourth-order valence-electron chi connectivity index (χ4n) is 2.56. The molecule has 0 radical (unpaired) electrons. The molecule has 0 saturated carbocycles. The number of aromatic nitrogens is 1. The van der Waals surface area contributed by atoms with E-state index in [1.165, 1.54) is 6.42 Å². The van der Waals surface area contributed by atoms with Gasteiger partial charge in [-0.15, -0.1) is 0 Å². The van der Waals surface area contributed by atoms with Crippen LogP contribution in [0.3, 0.4) is 0 Å². The number of anilines is 1. The predicted molar refractivity (Wildman–Crippen MR) is 81.9 cm³/mol. The largest absolute Gasteiger partial charge is 0.379 e. The zero-order valence-corrected chi connectivity index (χ0v) is 12.9. The minimum Gasteiger partial charge on any atom is -0.379 e. The van der Waals surface area contributed by atoms with E-state index < -0.39 is 0 Å². The topological polar surface area (TPSA) is 45.2 Å². The third-order valence-electron chi connectivity index (χ3n) is 3.45. The number of nitrogens with zero attached hydrogens (tertiary/aromatic N) is 2. The number of nitrogens with one attached hydrogen (secondary N) is 1. The van der Waals surface area contributed by atoms with E-state index in [9.17, 15) is 4.79 Å². The molecule has 0 aromatic carbocycles. The average molecular weight is 275 g/mol. The Labute approximate surface area is 121 Å². The smallest absolute Gasteiger partial charge is 0.272 e. The van der Waals surface area contributed by atoms with Gasteiger partial charge < -0.3 is 10.2 Å². The van der Waals surface area contributed by atoms with E-state index in [2.05, 4.69) is 38.0 Å². The van der Waals surface area contributed by atoms with E-state index in [0.717, 1.165) is 25.2 Å². The maximum atomic E-state index is 12.4. The first-order valence-electron chi connectivity index (χ1n) is 7.39. The molecule has 1 fully saturated rings. The highest BCUT2D eigenvalue weighted by molar-refractivity contribution is 5.92. The van der Waals surface area contributed by atoms with Crippen LogP contribution in [0.4, 0.5) is 5.69 Å². The predicted octanol–water partition coefficient (Wildman–Crippen LogP) is 3.16. The Kier molecular flexibility index (Phi) is 4.31. The Morgan fingerprint density at radius 3 is 2.70 bits per heavy atom. The Morgan fingerprint density at radius 1 is 1.40 bits per heavy atom. The number of piperidine rings is 1. The molecule has 4 nitrogen and oxygen atoms in total. The molecule has 1 atom stereocenters. The molecule has 1 aliphatic heterocycles. The third kappa shape index (κ3) is 3.95. The summed E-state index contributed by atoms with van der Waals surface area (Å²) in [6, 6.07) is 3.74. The highest BCUT2D eigenvalue weighted by Crippen LogP contribution is 2.18. The summed E-state index contributed by atoms with van der Waals surface area (Å²) >= 11 is 0. The maximum Gasteiger partial charge on any atom is 0.272 e. The van der Waals surface area contributed by atoms with Crippen LogP contribution < -0.4 is 5.32 Å². The normalized spacial score (nSPS) is 19.8. The quantitative estimate of drug-likeness (QED) is 0.901. The van der Waals surface area contributed by atoms with Crippen LogP contribution >= 0.6 is 0 Å². The van der Waals surface area contributed by atoms with Crippen LogP contribution in [0.15, 0.2) is 18.3 Å². The summed E-state index contributed by atoms with van der Waals surface area (Å²) in [5, 5.41) is 3.35. The summed E-state index contributed by atoms with van der Waals surface area (Å²) in [6.07, 6.45) is 4.05. The summed E-state index contributed by atoms with van der Waals surface area (Å²) in [6.45, 7) is 10.2. The van der Waals surface area contributed by atoms with Crippen molar-refractivity contribution in [1.82, 2.24) is 9.88 Å². The summed E-state index contributed by atoms with van der Waals surface area (Å²) in [4.78, 5) is 18.6. The number of amides is 1. The third-order valence-corrected chi connectivity index (χ3v) is 3.45. The van der Waals surface area contributed by atoms with Crippen molar-refractivity contribution < 1.29 is 4.79 Å². The van der Waals surface area contributed by atoms with Crippen LogP contribution in [-0.4, -0.2) is 34.4 Å². The Hall–Kier alpha value is -1.58. The van der Waals surface area contributed by atoms with Gasteiger partial charge in [0.15, 0.2) is 0 Å². The van der Waals surface area contributed by atoms with Crippen molar-refractivity contribution in [3.63, 3.8) is 0 Å². The highest BCUT2D eigenvalue weighted by Gasteiger charge is 2.22. The fourth-order valence-corrected chi connectivity index (χ4v) is 2.56. The zero-order chi connectivity index (χ0) is 14.8. The van der Waals surface area contributed by atoms with Gasteiger partial charge in [0.05, 0.1) is 11.9 Å². The monoisotopic (exact) mass is 275 g/mol. The molecule has 0 bridgehead atoms. The number of pyridine rings is 1. The molecule has 2 heterocycles. The van der Waals surface area contributed by atoms with Crippen molar-refractivity contribution in [3.05, 3.63) is 24.0 Å². The molecule has 1 aliphatic rings. The molecule has 0 aliphatic carbocycles. The van der Waals surface area contributed by atoms with Crippen LogP contribution in [0.2, 0.25) is 0 Å². The first-order valence-corrected chi connectivity index (χ1v) is 7.39. The van der Waals surface area contributed by atoms with E-state index in [1.54, 1.807) is 6.20 Å². The lowest BCUT2D eigenvalue weighted by molar-refractivity contribution is 0.0677. The zero-order valence-electron chi connectivity index (χ0n) is 12.9. The van der Waals surface area contributed by atoms with Gasteiger partial charge in [-0.25, -0.2) is 4.98 Å². The van der Waals surface area contributed by atoms with Crippen LogP contribution in [-0.2, 0) is 0 Å². The molecule has 1 aromatic rings. The number of carbonyl (C=O) groups excluding carboxylic acids is 1. The SMILES string of the molecule is CC1CCCN(C(=O)c2ccc(NC(C)(C)C)cn2)C1. The van der Waals surface area contributed by atoms with Gasteiger partial charge in [0, 0.05) is 18.6 Å². The van der Waals surface area contributed by atoms with E-state index in [1.807, 2.05) is 17.0 Å². The number of carbonyl (C=O) groups is 1. The van der Waals surface area contributed by atoms with Crippen LogP contribution in [0.25, 0.3) is 0 Å². The summed E-state index contributed by atoms with van der Waals surface area (Å²) in [5.74, 6) is 0.647. The maximum absolute atomic E-state index is 12.4. The lowest BCUT2D eigenvalue weighted by atomic mass is 10.00. The number of hydrogen-bond acceptors (Lipinski definition) is 3. The summed E-state index contributed by atoms with van der Waals surface area (Å²) < 4.78 is 0. The lowest BCUT2D eigenvalue weighted by Crippen LogP contribution is -2.39. The summed E-state index contributed by atoms with van der Waals surface area (Å²) in [5.41, 5.74) is 1.48. The molecule has 1 saturated heterocycles. The molecular formula is C16H25N3O. The van der Waals surface area contributed by atoms with E-state index in [4.69, 9.17) is 0 Å². The molecule has 4 heteroatoms. The lowest BCUT2D eigenvalue weighted by Gasteiger charge is -2.30. The second kappa shape index (κ2) is 5.81. The molecule has 1 amide bonds. The van der Waals surface area contributed by atoms with Crippen LogP contribution in [0.5, 0.6) is 0 Å². The molecule has 1 N–H and O–H groups in total. The van der Waals surface area contributed by atoms with Gasteiger partial charge >= 0.3 is 0 Å². The second-order valence-electron chi connectivity index (χ2n) is 6.81. The molecule has 0 spiro atoms. The second-order valence-corrected chi connectivity index (χ2v) is 6.81. The Bertz CT molecular complexity index is 462. The highest BCUT2D eigenvalue weighted by atomic mass is 16.2. The van der Waals surface area contributed by atoms with E-state index >= 15 is 0 Å². The van der Waals surface area contributed by atoms with Crippen molar-refractivity contribution in [1.29, 1.82) is 0 Å². The van der Waals surface area contributed by atoms with Crippen molar-refractivity contribution in [2.75, 3.05) is 18.4 Å². The van der Waals surface area contributed by atoms with Gasteiger partial charge in [0.25, 0.3) is 5.91 Å². The molecule has 1 aromatic heterocycles. The van der Waals surface area contributed by atoms with Crippen molar-refractivity contribution in [2.24, 2.45) is 5.92 Å². The minimum atomic E-state index is -0.00446. The molecule has 1 unspecified atom stereocenters. The van der Waals surface area contributed by atoms with Crippen molar-refractivity contribution >= 4 is 11.6 Å². The molecule has 20 heavy (non-hydrogen) atoms. The minimum absolute atomic E-state index is 0.00446. The van der Waals surface area contributed by atoms with Gasteiger partial charge in [-0.05, 0) is 51.7 Å². The van der Waals surface area contributed by atoms with Gasteiger partial charge in [-0.1, -0.05) is 6.92 Å². The van der Waals surface area contributed by atoms with Gasteiger partial charge in [0.1, 0.15) is 5.69 Å². The van der Waals surface area contributed by atoms with Crippen molar-refractivity contribution in [3.8, 4) is 0 Å². The van der Waals surface area contributed by atoms with Crippen LogP contribution in [0.1, 0.15) is 51.0 Å². The Morgan fingerprint density at radius 2 is 2.15 bits per heavy atom. The fraction of sp³-hybridized carbons (Fsp3) is 0.625. The van der Waals surface area contributed by atoms with Crippen molar-refractivity contribution in [2.45, 2.75) is 46.1 Å². The summed E-state index contributed by atoms with van der Waals surface area (Å²) in [7, 11) is 0. The first-order chi connectivity index (χ1) is 9.35. The van der Waals surface area contributed by atoms with Crippen LogP contribution in [0, 0.1) is 5.92 Å². The average Bonchev–Trinajstić information content (AvgIpc) is 2.37. The number of rotatable bonds is 2. The first kappa shape index (κ1) is 14.8. The molecule has 2 rings (SSSR count). The molecular weight excluding hydrogens is 250 g/mol. The number of hydrogen-bond donors (Lipinski definition) is 1. The van der Waals surface area contributed by atoms with Gasteiger partial charge in [-0.2, -0.15) is 0 Å². The molecule has 110 valence electrons. The Balaban J connectivity index is 2.04.